The second kappa shape index (κ2) is 12.9. The minimum absolute atomic E-state index is 0.134. The highest BCUT2D eigenvalue weighted by molar-refractivity contribution is 9.13. The van der Waals surface area contributed by atoms with E-state index in [0.29, 0.717) is 41.5 Å². The van der Waals surface area contributed by atoms with E-state index in [1.807, 2.05) is 43.3 Å². The number of halogens is 4. The van der Waals surface area contributed by atoms with Gasteiger partial charge in [-0.1, -0.05) is 77.3 Å². The highest BCUT2D eigenvalue weighted by Gasteiger charge is 2.70. The van der Waals surface area contributed by atoms with Crippen molar-refractivity contribution >= 4 is 90.1 Å². The van der Waals surface area contributed by atoms with E-state index < -0.39 is 46.8 Å². The SMILES string of the molecule is COc1cc(C2C3=CCC4C(=O)N(c5ccc(C)c(Cl)c5)C(=O)C4C3CC3C(=O)N(c4cccc(Cl)c4)C(=O)C32c2ccccc2)c(Br)c(Br)c1O. The molecule has 4 amide bonds. The number of ether oxygens (including phenoxy) is 1. The van der Waals surface area contributed by atoms with Gasteiger partial charge in [0.05, 0.1) is 46.1 Å². The molecule has 2 aliphatic carbocycles. The molecule has 6 unspecified atom stereocenters. The van der Waals surface area contributed by atoms with Gasteiger partial charge < -0.3 is 9.84 Å². The van der Waals surface area contributed by atoms with Gasteiger partial charge in [-0.25, -0.2) is 9.80 Å². The second-order valence-electron chi connectivity index (χ2n) is 13.7. The summed E-state index contributed by atoms with van der Waals surface area (Å²) in [4.78, 5) is 61.7. The summed E-state index contributed by atoms with van der Waals surface area (Å²) in [6.45, 7) is 1.85. The molecule has 0 aromatic heterocycles. The van der Waals surface area contributed by atoms with Crippen LogP contribution in [0.1, 0.15) is 35.4 Å². The van der Waals surface area contributed by atoms with E-state index in [1.165, 1.54) is 16.9 Å². The second-order valence-corrected chi connectivity index (χ2v) is 16.1. The molecule has 264 valence electrons. The van der Waals surface area contributed by atoms with E-state index in [4.69, 9.17) is 27.9 Å². The van der Waals surface area contributed by atoms with Crippen molar-refractivity contribution in [3.8, 4) is 11.5 Å². The molecule has 0 bridgehead atoms. The smallest absolute Gasteiger partial charge is 0.246 e. The quantitative estimate of drug-likeness (QED) is 0.159. The van der Waals surface area contributed by atoms with Gasteiger partial charge in [0.1, 0.15) is 0 Å². The molecule has 52 heavy (non-hydrogen) atoms. The molecule has 4 aromatic rings. The highest BCUT2D eigenvalue weighted by Crippen LogP contribution is 2.66. The van der Waals surface area contributed by atoms with Crippen molar-refractivity contribution in [2.24, 2.45) is 23.7 Å². The van der Waals surface area contributed by atoms with E-state index in [0.717, 1.165) is 11.1 Å². The minimum atomic E-state index is -1.50. The lowest BCUT2D eigenvalue weighted by Gasteiger charge is -2.51. The lowest BCUT2D eigenvalue weighted by Crippen LogP contribution is -2.53. The van der Waals surface area contributed by atoms with Crippen molar-refractivity contribution in [2.75, 3.05) is 16.9 Å². The summed E-state index contributed by atoms with van der Waals surface area (Å²) in [5.41, 5.74) is 1.98. The largest absolute Gasteiger partial charge is 0.503 e. The molecule has 2 heterocycles. The molecule has 8 nitrogen and oxygen atoms in total. The number of phenolic OH excluding ortho intramolecular Hbond substituents is 1. The molecule has 8 rings (SSSR count). The number of nitrogens with zero attached hydrogens (tertiary/aromatic N) is 2. The van der Waals surface area contributed by atoms with Crippen LogP contribution < -0.4 is 14.5 Å². The Morgan fingerprint density at radius 1 is 0.827 bits per heavy atom. The first kappa shape index (κ1) is 35.1. The number of hydrogen-bond donors (Lipinski definition) is 1. The first-order valence-corrected chi connectivity index (χ1v) is 19.0. The summed E-state index contributed by atoms with van der Waals surface area (Å²) in [6.07, 6.45) is 2.36. The summed E-state index contributed by atoms with van der Waals surface area (Å²) in [5.74, 6) is -5.42. The van der Waals surface area contributed by atoms with Crippen LogP contribution in [-0.4, -0.2) is 35.8 Å². The molecule has 12 heteroatoms. The van der Waals surface area contributed by atoms with Gasteiger partial charge in [-0.3, -0.25) is 19.2 Å². The number of hydrogen-bond acceptors (Lipinski definition) is 6. The molecular weight excluding hydrogens is 835 g/mol. The number of aryl methyl sites for hydroxylation is 1. The third-order valence-electron chi connectivity index (χ3n) is 11.3. The van der Waals surface area contributed by atoms with E-state index in [-0.39, 0.29) is 36.2 Å². The Bertz CT molecular complexity index is 2260. The van der Waals surface area contributed by atoms with Crippen LogP contribution in [-0.2, 0) is 24.6 Å². The number of amides is 4. The number of anilines is 2. The van der Waals surface area contributed by atoms with Crippen molar-refractivity contribution < 1.29 is 29.0 Å². The maximum Gasteiger partial charge on any atom is 0.246 e. The summed E-state index contributed by atoms with van der Waals surface area (Å²) in [6, 6.07) is 22.6. The van der Waals surface area contributed by atoms with Crippen molar-refractivity contribution in [1.29, 1.82) is 0 Å². The number of methoxy groups -OCH3 is 1. The first-order chi connectivity index (χ1) is 24.9. The summed E-state index contributed by atoms with van der Waals surface area (Å²) in [7, 11) is 1.43. The van der Waals surface area contributed by atoms with Gasteiger partial charge in [0.25, 0.3) is 0 Å². The average molecular weight is 865 g/mol. The molecule has 6 atom stereocenters. The van der Waals surface area contributed by atoms with Gasteiger partial charge in [-0.15, -0.1) is 0 Å². The van der Waals surface area contributed by atoms with Crippen LogP contribution in [0.3, 0.4) is 0 Å². The predicted octanol–water partition coefficient (Wildman–Crippen LogP) is 8.91. The van der Waals surface area contributed by atoms with Gasteiger partial charge in [0, 0.05) is 20.4 Å². The average Bonchev–Trinajstić information content (AvgIpc) is 3.53. The fourth-order valence-electron chi connectivity index (χ4n) is 9.04. The number of allylic oxidation sites excluding steroid dienone is 2. The van der Waals surface area contributed by atoms with E-state index in [2.05, 4.69) is 31.9 Å². The third-order valence-corrected chi connectivity index (χ3v) is 14.1. The van der Waals surface area contributed by atoms with Gasteiger partial charge in [-0.05, 0) is 111 Å². The van der Waals surface area contributed by atoms with Crippen LogP contribution in [0.4, 0.5) is 11.4 Å². The number of fused-ring (bicyclic) bond motifs is 4. The molecule has 4 aliphatic rings. The fraction of sp³-hybridized carbons (Fsp3) is 0.250. The van der Waals surface area contributed by atoms with Gasteiger partial charge in [-0.2, -0.15) is 0 Å². The van der Waals surface area contributed by atoms with E-state index in [9.17, 15) is 19.5 Å². The number of carbonyl (C=O) groups excluding carboxylic acids is 4. The van der Waals surface area contributed by atoms with E-state index >= 15 is 4.79 Å². The molecule has 3 fully saturated rings. The number of carbonyl (C=O) groups is 4. The van der Waals surface area contributed by atoms with Crippen LogP contribution in [0.5, 0.6) is 11.5 Å². The zero-order valence-corrected chi connectivity index (χ0v) is 32.5. The van der Waals surface area contributed by atoms with Crippen molar-refractivity contribution in [3.63, 3.8) is 0 Å². The van der Waals surface area contributed by atoms with Crippen LogP contribution in [0.25, 0.3) is 0 Å². The van der Waals surface area contributed by atoms with Gasteiger partial charge >= 0.3 is 0 Å². The molecule has 0 spiro atoms. The number of benzene rings is 4. The Morgan fingerprint density at radius 2 is 1.56 bits per heavy atom. The van der Waals surface area contributed by atoms with Crippen molar-refractivity contribution in [1.82, 2.24) is 0 Å². The first-order valence-electron chi connectivity index (χ1n) is 16.7. The Labute approximate surface area is 326 Å². The molecule has 2 aliphatic heterocycles. The summed E-state index contributed by atoms with van der Waals surface area (Å²) in [5, 5.41) is 11.8. The maximum atomic E-state index is 15.5. The van der Waals surface area contributed by atoms with Crippen molar-refractivity contribution in [2.45, 2.75) is 31.1 Å². The lowest BCUT2D eigenvalue weighted by atomic mass is 9.49. The summed E-state index contributed by atoms with van der Waals surface area (Å²) >= 11 is 20.1. The maximum absolute atomic E-state index is 15.5. The molecule has 2 saturated heterocycles. The Morgan fingerprint density at radius 3 is 2.25 bits per heavy atom. The highest BCUT2D eigenvalue weighted by atomic mass is 79.9. The van der Waals surface area contributed by atoms with Crippen LogP contribution in [0.15, 0.2) is 99.5 Å². The fourth-order valence-corrected chi connectivity index (χ4v) is 10.4. The van der Waals surface area contributed by atoms with Crippen LogP contribution in [0, 0.1) is 30.6 Å². The minimum Gasteiger partial charge on any atom is -0.503 e. The molecule has 1 N–H and O–H groups in total. The van der Waals surface area contributed by atoms with Crippen LogP contribution in [0.2, 0.25) is 10.0 Å². The Balaban J connectivity index is 1.39. The van der Waals surface area contributed by atoms with Crippen molar-refractivity contribution in [3.05, 3.63) is 126 Å². The van der Waals surface area contributed by atoms with Gasteiger partial charge in [0.15, 0.2) is 11.5 Å². The third kappa shape index (κ3) is 4.90. The molecule has 1 saturated carbocycles. The zero-order chi connectivity index (χ0) is 36.8. The monoisotopic (exact) mass is 862 g/mol. The van der Waals surface area contributed by atoms with E-state index in [1.54, 1.807) is 48.5 Å². The number of imide groups is 2. The molecule has 4 aromatic carbocycles. The number of aromatic hydroxyl groups is 1. The predicted molar refractivity (Wildman–Crippen MR) is 205 cm³/mol. The molecular formula is C40H30Br2Cl2N2O6. The topological polar surface area (TPSA) is 104 Å². The standard InChI is InChI=1S/C40H30Br2Cl2N2O6/c1-19-11-12-23(16-29(19)44)45-36(48)25-14-13-24-26(31(25)38(45)50)17-28-37(49)46(22-10-6-9-21(43)15-22)39(51)40(28,20-7-4-3-5-8-20)32(24)27-18-30(52-2)35(47)34(42)33(27)41/h3-13,15-16,18,25-26,28,31-32,47H,14,17H2,1-2H3. The molecule has 0 radical (unpaired) electrons. The lowest BCUT2D eigenvalue weighted by molar-refractivity contribution is -0.127. The number of rotatable bonds is 5. The number of phenols is 1. The summed E-state index contributed by atoms with van der Waals surface area (Å²) < 4.78 is 6.38. The normalized spacial score (nSPS) is 26.7. The Hall–Kier alpha value is -3.96. The van der Waals surface area contributed by atoms with Crippen LogP contribution >= 0.6 is 55.1 Å². The van der Waals surface area contributed by atoms with Gasteiger partial charge in [0.2, 0.25) is 23.6 Å². The Kier molecular flexibility index (Phi) is 8.68. The zero-order valence-electron chi connectivity index (χ0n) is 27.8.